The van der Waals surface area contributed by atoms with Crippen LogP contribution in [0.3, 0.4) is 0 Å². The van der Waals surface area contributed by atoms with E-state index in [0.29, 0.717) is 6.54 Å². The highest BCUT2D eigenvalue weighted by atomic mass is 32.1. The monoisotopic (exact) mass is 344 g/mol. The molecule has 3 rings (SSSR count). The van der Waals surface area contributed by atoms with Gasteiger partial charge in [-0.3, -0.25) is 14.9 Å². The highest BCUT2D eigenvalue weighted by Gasteiger charge is 2.32. The average Bonchev–Trinajstić information content (AvgIpc) is 3.15. The minimum atomic E-state index is -0.803. The lowest BCUT2D eigenvalue weighted by atomic mass is 10.2. The fraction of sp³-hybridized carbons (Fsp3) is 0.250. The number of carbonyl (C=O) groups is 3. The number of aromatic nitrogens is 1. The van der Waals surface area contributed by atoms with Gasteiger partial charge < -0.3 is 10.2 Å². The van der Waals surface area contributed by atoms with E-state index in [0.717, 1.165) is 16.3 Å². The molecule has 24 heavy (non-hydrogen) atoms. The first-order valence-corrected chi connectivity index (χ1v) is 8.26. The van der Waals surface area contributed by atoms with Crippen LogP contribution in [-0.2, 0) is 16.1 Å². The normalized spacial score (nSPS) is 16.6. The van der Waals surface area contributed by atoms with Crippen molar-refractivity contribution in [2.24, 2.45) is 0 Å². The molecule has 0 radical (unpaired) electrons. The van der Waals surface area contributed by atoms with Gasteiger partial charge in [-0.25, -0.2) is 9.78 Å². The van der Waals surface area contributed by atoms with Crippen molar-refractivity contribution in [3.8, 4) is 10.6 Å². The molecule has 2 heterocycles. The number of amides is 4. The maximum absolute atomic E-state index is 12.2. The van der Waals surface area contributed by atoms with Gasteiger partial charge >= 0.3 is 6.03 Å². The summed E-state index contributed by atoms with van der Waals surface area (Å²) in [5.41, 5.74) is 1.82. The highest BCUT2D eigenvalue weighted by molar-refractivity contribution is 7.13. The lowest BCUT2D eigenvalue weighted by Gasteiger charge is -2.17. The van der Waals surface area contributed by atoms with Gasteiger partial charge in [0.2, 0.25) is 5.91 Å². The van der Waals surface area contributed by atoms with Gasteiger partial charge in [-0.15, -0.1) is 11.3 Å². The molecule has 2 aromatic rings. The maximum Gasteiger partial charge on any atom is 0.322 e. The second-order valence-corrected chi connectivity index (χ2v) is 6.34. The molecule has 1 aliphatic heterocycles. The number of imide groups is 1. The van der Waals surface area contributed by atoms with Crippen molar-refractivity contribution >= 4 is 29.2 Å². The summed E-state index contributed by atoms with van der Waals surface area (Å²) in [5.74, 6) is -0.701. The van der Waals surface area contributed by atoms with Crippen LogP contribution in [0.15, 0.2) is 35.7 Å². The van der Waals surface area contributed by atoms with Gasteiger partial charge in [0, 0.05) is 18.0 Å². The molecule has 1 saturated heterocycles. The van der Waals surface area contributed by atoms with Crippen LogP contribution in [0.1, 0.15) is 12.1 Å². The average molecular weight is 344 g/mol. The minimum absolute atomic E-state index is 0.0657. The third-order valence-electron chi connectivity index (χ3n) is 3.63. The van der Waals surface area contributed by atoms with Crippen LogP contribution in [-0.4, -0.2) is 40.8 Å². The molecule has 4 amide bonds. The summed E-state index contributed by atoms with van der Waals surface area (Å²) in [7, 11) is 1.65. The largest absolute Gasteiger partial charge is 0.340 e. The van der Waals surface area contributed by atoms with E-state index < -0.39 is 18.0 Å². The van der Waals surface area contributed by atoms with Gasteiger partial charge in [-0.1, -0.05) is 30.3 Å². The Balaban J connectivity index is 1.59. The maximum atomic E-state index is 12.2. The van der Waals surface area contributed by atoms with Crippen molar-refractivity contribution in [3.63, 3.8) is 0 Å². The number of hydrogen-bond donors (Lipinski definition) is 2. The Bertz CT molecular complexity index is 775. The molecule has 2 N–H and O–H groups in total. The second kappa shape index (κ2) is 6.79. The number of thiazole rings is 1. The first-order chi connectivity index (χ1) is 11.5. The zero-order valence-electron chi connectivity index (χ0n) is 13.0. The Morgan fingerprint density at radius 1 is 1.29 bits per heavy atom. The number of rotatable bonds is 5. The first-order valence-electron chi connectivity index (χ1n) is 7.38. The second-order valence-electron chi connectivity index (χ2n) is 5.48. The molecule has 124 valence electrons. The number of hydrogen-bond acceptors (Lipinski definition) is 5. The van der Waals surface area contributed by atoms with E-state index in [9.17, 15) is 14.4 Å². The summed E-state index contributed by atoms with van der Waals surface area (Å²) in [6.45, 7) is 0.352. The number of urea groups is 1. The van der Waals surface area contributed by atoms with Gasteiger partial charge in [0.15, 0.2) is 0 Å². The molecule has 0 saturated carbocycles. The van der Waals surface area contributed by atoms with Crippen LogP contribution in [0.25, 0.3) is 10.6 Å². The van der Waals surface area contributed by atoms with Crippen LogP contribution < -0.4 is 10.6 Å². The molecular formula is C16H16N4O3S. The van der Waals surface area contributed by atoms with Crippen LogP contribution in [0.2, 0.25) is 0 Å². The predicted molar refractivity (Wildman–Crippen MR) is 89.1 cm³/mol. The van der Waals surface area contributed by atoms with E-state index in [1.165, 1.54) is 16.2 Å². The van der Waals surface area contributed by atoms with Gasteiger partial charge in [0.1, 0.15) is 11.0 Å². The van der Waals surface area contributed by atoms with Crippen LogP contribution in [0.5, 0.6) is 0 Å². The van der Waals surface area contributed by atoms with Gasteiger partial charge in [0.05, 0.1) is 18.7 Å². The van der Waals surface area contributed by atoms with Crippen molar-refractivity contribution in [2.45, 2.75) is 19.0 Å². The molecule has 1 aliphatic rings. The fourth-order valence-electron chi connectivity index (χ4n) is 2.36. The predicted octanol–water partition coefficient (Wildman–Crippen LogP) is 1.37. The first kappa shape index (κ1) is 16.1. The van der Waals surface area contributed by atoms with Gasteiger partial charge in [0.25, 0.3) is 5.91 Å². The molecule has 1 aromatic carbocycles. The quantitative estimate of drug-likeness (QED) is 0.802. The molecule has 0 spiro atoms. The molecule has 7 nitrogen and oxygen atoms in total. The van der Waals surface area contributed by atoms with Crippen LogP contribution in [0, 0.1) is 0 Å². The van der Waals surface area contributed by atoms with E-state index in [1.807, 2.05) is 35.7 Å². The van der Waals surface area contributed by atoms with Crippen molar-refractivity contribution in [2.75, 3.05) is 7.05 Å². The molecule has 0 unspecified atom stereocenters. The fourth-order valence-corrected chi connectivity index (χ4v) is 3.17. The van der Waals surface area contributed by atoms with E-state index in [1.54, 1.807) is 7.05 Å². The summed E-state index contributed by atoms with van der Waals surface area (Å²) in [5, 5.41) is 7.34. The Hall–Kier alpha value is -2.74. The Morgan fingerprint density at radius 3 is 2.71 bits per heavy atom. The third-order valence-corrected chi connectivity index (χ3v) is 4.57. The number of carbonyl (C=O) groups excluding carboxylic acids is 3. The standard InChI is InChI=1S/C16H16N4O3S/c1-20(13(21)7-12-14(22)19-16(23)18-12)8-11-9-24-15(17-11)10-5-3-2-4-6-10/h2-6,9,12H,7-8H2,1H3,(H2,18,19,22,23)/t12-/m0/s1. The molecule has 1 aromatic heterocycles. The molecular weight excluding hydrogens is 328 g/mol. The lowest BCUT2D eigenvalue weighted by Crippen LogP contribution is -2.37. The SMILES string of the molecule is CN(Cc1csc(-c2ccccc2)n1)C(=O)C[C@@H]1NC(=O)NC1=O. The molecule has 8 heteroatoms. The summed E-state index contributed by atoms with van der Waals surface area (Å²) in [6, 6.07) is 8.45. The van der Waals surface area contributed by atoms with Crippen LogP contribution in [0.4, 0.5) is 4.79 Å². The number of nitrogens with zero attached hydrogens (tertiary/aromatic N) is 2. The zero-order chi connectivity index (χ0) is 17.1. The third kappa shape index (κ3) is 3.60. The van der Waals surface area contributed by atoms with Crippen LogP contribution >= 0.6 is 11.3 Å². The summed E-state index contributed by atoms with van der Waals surface area (Å²) >= 11 is 1.52. The zero-order valence-corrected chi connectivity index (χ0v) is 13.8. The summed E-state index contributed by atoms with van der Waals surface area (Å²) < 4.78 is 0. The smallest absolute Gasteiger partial charge is 0.322 e. The van der Waals surface area contributed by atoms with E-state index in [2.05, 4.69) is 15.6 Å². The van der Waals surface area contributed by atoms with E-state index in [4.69, 9.17) is 0 Å². The van der Waals surface area contributed by atoms with Gasteiger partial charge in [-0.05, 0) is 0 Å². The topological polar surface area (TPSA) is 91.4 Å². The van der Waals surface area contributed by atoms with Crippen molar-refractivity contribution in [1.29, 1.82) is 0 Å². The highest BCUT2D eigenvalue weighted by Crippen LogP contribution is 2.23. The lowest BCUT2D eigenvalue weighted by molar-refractivity contribution is -0.133. The molecule has 1 atom stereocenters. The molecule has 0 aliphatic carbocycles. The van der Waals surface area contributed by atoms with E-state index >= 15 is 0 Å². The molecule has 0 bridgehead atoms. The number of benzene rings is 1. The number of nitrogens with one attached hydrogen (secondary N) is 2. The summed E-state index contributed by atoms with van der Waals surface area (Å²) in [6.07, 6.45) is -0.0657. The van der Waals surface area contributed by atoms with E-state index in [-0.39, 0.29) is 12.3 Å². The Kier molecular flexibility index (Phi) is 4.57. The van der Waals surface area contributed by atoms with Crippen molar-refractivity contribution in [3.05, 3.63) is 41.4 Å². The van der Waals surface area contributed by atoms with Crippen molar-refractivity contribution in [1.82, 2.24) is 20.5 Å². The van der Waals surface area contributed by atoms with Crippen molar-refractivity contribution < 1.29 is 14.4 Å². The Morgan fingerprint density at radius 2 is 2.04 bits per heavy atom. The molecule has 1 fully saturated rings. The summed E-state index contributed by atoms with van der Waals surface area (Å²) in [4.78, 5) is 40.8. The van der Waals surface area contributed by atoms with Gasteiger partial charge in [-0.2, -0.15) is 0 Å². The minimum Gasteiger partial charge on any atom is -0.340 e. The Labute approximate surface area is 142 Å².